The highest BCUT2D eigenvalue weighted by molar-refractivity contribution is 5.68. The molecule has 0 radical (unpaired) electrons. The monoisotopic (exact) mass is 270 g/mol. The van der Waals surface area contributed by atoms with Crippen molar-refractivity contribution in [3.63, 3.8) is 0 Å². The Balaban J connectivity index is 2.03. The number of nitrogen functional groups attached to an aromatic ring is 1. The van der Waals surface area contributed by atoms with Crippen molar-refractivity contribution in [3.05, 3.63) is 12.4 Å². The molecule has 0 bridgehead atoms. The first-order valence-corrected chi connectivity index (χ1v) is 6.18. The first kappa shape index (κ1) is 13.6. The van der Waals surface area contributed by atoms with Gasteiger partial charge in [-0.3, -0.25) is 4.68 Å². The number of alkyl halides is 1. The molecule has 0 unspecified atom stereocenters. The summed E-state index contributed by atoms with van der Waals surface area (Å²) >= 11 is 0. The molecule has 0 aromatic carbocycles. The molecule has 1 aliphatic heterocycles. The predicted molar refractivity (Wildman–Crippen MR) is 68.4 cm³/mol. The first-order valence-electron chi connectivity index (χ1n) is 6.18. The van der Waals surface area contributed by atoms with Crippen LogP contribution in [0.1, 0.15) is 26.8 Å². The summed E-state index contributed by atoms with van der Waals surface area (Å²) in [6, 6.07) is -0.509. The summed E-state index contributed by atoms with van der Waals surface area (Å²) < 4.78 is 20.7. The van der Waals surface area contributed by atoms with E-state index in [4.69, 9.17) is 10.5 Å². The van der Waals surface area contributed by atoms with Crippen LogP contribution in [-0.4, -0.2) is 45.6 Å². The molecule has 7 heteroatoms. The zero-order chi connectivity index (χ0) is 14.2. The number of halogens is 1. The van der Waals surface area contributed by atoms with E-state index in [1.165, 1.54) is 15.8 Å². The lowest BCUT2D eigenvalue weighted by molar-refractivity contribution is 0.0281. The van der Waals surface area contributed by atoms with Gasteiger partial charge >= 0.3 is 6.09 Å². The normalized spacial score (nSPS) is 23.7. The van der Waals surface area contributed by atoms with Crippen molar-refractivity contribution in [1.29, 1.82) is 0 Å². The van der Waals surface area contributed by atoms with Gasteiger partial charge in [0.2, 0.25) is 0 Å². The Morgan fingerprint density at radius 1 is 1.53 bits per heavy atom. The standard InChI is InChI=1S/C12H19FN4O2/c1-12(2,3)19-11(18)16-6-9(13)10(7-16)17-5-8(14)4-15-17/h4-5,9-10H,6-7,14H2,1-3H3/t9-,10+/m0/s1. The molecule has 1 saturated heterocycles. The highest BCUT2D eigenvalue weighted by Crippen LogP contribution is 2.26. The van der Waals surface area contributed by atoms with Crippen molar-refractivity contribution >= 4 is 11.8 Å². The largest absolute Gasteiger partial charge is 0.444 e. The Labute approximate surface area is 111 Å². The van der Waals surface area contributed by atoms with Crippen LogP contribution in [0.4, 0.5) is 14.9 Å². The zero-order valence-electron chi connectivity index (χ0n) is 11.3. The van der Waals surface area contributed by atoms with Crippen LogP contribution in [0.3, 0.4) is 0 Å². The number of nitrogens with zero attached hydrogens (tertiary/aromatic N) is 3. The van der Waals surface area contributed by atoms with Crippen molar-refractivity contribution in [2.24, 2.45) is 0 Å². The lowest BCUT2D eigenvalue weighted by Crippen LogP contribution is -2.35. The summed E-state index contributed by atoms with van der Waals surface area (Å²) in [4.78, 5) is 13.2. The Morgan fingerprint density at radius 2 is 2.21 bits per heavy atom. The molecule has 1 aromatic rings. The van der Waals surface area contributed by atoms with Crippen LogP contribution in [0, 0.1) is 0 Å². The fourth-order valence-electron chi connectivity index (χ4n) is 2.01. The quantitative estimate of drug-likeness (QED) is 0.841. The topological polar surface area (TPSA) is 73.4 Å². The molecular formula is C12H19FN4O2. The number of nitrogens with two attached hydrogens (primary N) is 1. The molecule has 2 rings (SSSR count). The third-order valence-corrected chi connectivity index (χ3v) is 2.83. The van der Waals surface area contributed by atoms with Gasteiger partial charge in [-0.2, -0.15) is 5.10 Å². The molecule has 2 atom stereocenters. The SMILES string of the molecule is CC(C)(C)OC(=O)N1C[C@@H](n2cc(N)cn2)[C@@H](F)C1. The lowest BCUT2D eigenvalue weighted by Gasteiger charge is -2.24. The molecule has 2 heterocycles. The maximum absolute atomic E-state index is 14.0. The number of carbonyl (C=O) groups excluding carboxylic acids is 1. The van der Waals surface area contributed by atoms with E-state index >= 15 is 0 Å². The maximum Gasteiger partial charge on any atom is 0.410 e. The molecule has 1 amide bonds. The van der Waals surface area contributed by atoms with Crippen LogP contribution < -0.4 is 5.73 Å². The third kappa shape index (κ3) is 3.15. The number of amides is 1. The van der Waals surface area contributed by atoms with Gasteiger partial charge in [-0.15, -0.1) is 0 Å². The summed E-state index contributed by atoms with van der Waals surface area (Å²) in [6.45, 7) is 5.58. The number of likely N-dealkylation sites (tertiary alicyclic amines) is 1. The van der Waals surface area contributed by atoms with Crippen molar-refractivity contribution in [2.45, 2.75) is 38.6 Å². The molecule has 0 aliphatic carbocycles. The number of aromatic nitrogens is 2. The van der Waals surface area contributed by atoms with Crippen LogP contribution in [-0.2, 0) is 4.74 Å². The molecule has 6 nitrogen and oxygen atoms in total. The number of ether oxygens (including phenoxy) is 1. The highest BCUT2D eigenvalue weighted by Gasteiger charge is 2.38. The van der Waals surface area contributed by atoms with Crippen molar-refractivity contribution in [3.8, 4) is 0 Å². The van der Waals surface area contributed by atoms with Crippen molar-refractivity contribution in [2.75, 3.05) is 18.8 Å². The van der Waals surface area contributed by atoms with E-state index in [-0.39, 0.29) is 13.1 Å². The van der Waals surface area contributed by atoms with Crippen LogP contribution in [0.5, 0.6) is 0 Å². The van der Waals surface area contributed by atoms with Gasteiger partial charge < -0.3 is 15.4 Å². The second kappa shape index (κ2) is 4.71. The molecule has 1 aliphatic rings. The summed E-state index contributed by atoms with van der Waals surface area (Å²) in [5, 5.41) is 3.99. The minimum Gasteiger partial charge on any atom is -0.444 e. The third-order valence-electron chi connectivity index (χ3n) is 2.83. The molecule has 1 fully saturated rings. The zero-order valence-corrected chi connectivity index (χ0v) is 11.3. The number of hydrogen-bond acceptors (Lipinski definition) is 4. The van der Waals surface area contributed by atoms with Crippen LogP contribution in [0.15, 0.2) is 12.4 Å². The van der Waals surface area contributed by atoms with E-state index in [1.807, 2.05) is 0 Å². The fourth-order valence-corrected chi connectivity index (χ4v) is 2.01. The Bertz CT molecular complexity index is 469. The second-order valence-corrected chi connectivity index (χ2v) is 5.72. The predicted octanol–water partition coefficient (Wildman–Crippen LogP) is 1.60. The maximum atomic E-state index is 14.0. The molecule has 2 N–H and O–H groups in total. The molecule has 106 valence electrons. The van der Waals surface area contributed by atoms with Gasteiger partial charge in [-0.1, -0.05) is 0 Å². The molecule has 1 aromatic heterocycles. The number of carbonyl (C=O) groups is 1. The van der Waals surface area contributed by atoms with Gasteiger partial charge in [0.15, 0.2) is 0 Å². The first-order chi connectivity index (χ1) is 8.76. The molecular weight excluding hydrogens is 251 g/mol. The number of rotatable bonds is 1. The molecule has 0 spiro atoms. The number of anilines is 1. The van der Waals surface area contributed by atoms with E-state index in [1.54, 1.807) is 27.0 Å². The summed E-state index contributed by atoms with van der Waals surface area (Å²) in [7, 11) is 0. The van der Waals surface area contributed by atoms with E-state index in [2.05, 4.69) is 5.10 Å². The van der Waals surface area contributed by atoms with Gasteiger partial charge in [0, 0.05) is 12.7 Å². The fraction of sp³-hybridized carbons (Fsp3) is 0.667. The van der Waals surface area contributed by atoms with E-state index in [0.29, 0.717) is 5.69 Å². The average Bonchev–Trinajstić information content (AvgIpc) is 2.82. The molecule has 19 heavy (non-hydrogen) atoms. The van der Waals surface area contributed by atoms with Gasteiger partial charge in [0.1, 0.15) is 17.8 Å². The Hall–Kier alpha value is -1.79. The van der Waals surface area contributed by atoms with Crippen molar-refractivity contribution in [1.82, 2.24) is 14.7 Å². The van der Waals surface area contributed by atoms with Crippen LogP contribution in [0.2, 0.25) is 0 Å². The average molecular weight is 270 g/mol. The highest BCUT2D eigenvalue weighted by atomic mass is 19.1. The minimum absolute atomic E-state index is 0.0132. The van der Waals surface area contributed by atoms with Crippen molar-refractivity contribution < 1.29 is 13.9 Å². The Kier molecular flexibility index (Phi) is 3.38. The minimum atomic E-state index is -1.17. The molecule has 0 saturated carbocycles. The van der Waals surface area contributed by atoms with E-state index in [0.717, 1.165) is 0 Å². The van der Waals surface area contributed by atoms with E-state index < -0.39 is 23.9 Å². The van der Waals surface area contributed by atoms with E-state index in [9.17, 15) is 9.18 Å². The second-order valence-electron chi connectivity index (χ2n) is 5.72. The van der Waals surface area contributed by atoms with Crippen LogP contribution >= 0.6 is 0 Å². The van der Waals surface area contributed by atoms with Gasteiger partial charge in [-0.05, 0) is 20.8 Å². The van der Waals surface area contributed by atoms with Gasteiger partial charge in [0.05, 0.1) is 18.4 Å². The number of hydrogen-bond donors (Lipinski definition) is 1. The summed E-state index contributed by atoms with van der Waals surface area (Å²) in [6.07, 6.45) is 1.35. The van der Waals surface area contributed by atoms with Gasteiger partial charge in [0.25, 0.3) is 0 Å². The van der Waals surface area contributed by atoms with Gasteiger partial charge in [-0.25, -0.2) is 9.18 Å². The van der Waals surface area contributed by atoms with Crippen LogP contribution in [0.25, 0.3) is 0 Å². The Morgan fingerprint density at radius 3 is 2.74 bits per heavy atom. The summed E-state index contributed by atoms with van der Waals surface area (Å²) in [5.41, 5.74) is 5.45. The summed E-state index contributed by atoms with van der Waals surface area (Å²) in [5.74, 6) is 0. The smallest absolute Gasteiger partial charge is 0.410 e. The lowest BCUT2D eigenvalue weighted by atomic mass is 10.2.